The molecule has 0 aromatic heterocycles. The number of hydrogen-bond acceptors (Lipinski definition) is 2. The third-order valence-electron chi connectivity index (χ3n) is 2.54. The Labute approximate surface area is 105 Å². The molecular weight excluding hydrogens is 226 g/mol. The molecule has 1 aliphatic rings. The molecule has 1 nitrogen and oxygen atoms in total. The molecule has 0 spiro atoms. The predicted octanol–water partition coefficient (Wildman–Crippen LogP) is 3.58. The molecule has 2 heteroatoms. The van der Waals surface area contributed by atoms with Crippen molar-refractivity contribution in [1.29, 1.82) is 0 Å². The summed E-state index contributed by atoms with van der Waals surface area (Å²) in [4.78, 5) is 1.28. The molecule has 0 aliphatic carbocycles. The number of thioether (sulfide) groups is 1. The van der Waals surface area contributed by atoms with Crippen LogP contribution in [0.15, 0.2) is 59.5 Å². The Morgan fingerprint density at radius 1 is 0.941 bits per heavy atom. The maximum atomic E-state index is 3.39. The normalized spacial score (nSPS) is 16.6. The minimum absolute atomic E-state index is 0.160. The second-order valence-electron chi connectivity index (χ2n) is 3.77. The lowest BCUT2D eigenvalue weighted by atomic mass is 10.2. The first-order chi connectivity index (χ1) is 8.42. The van der Waals surface area contributed by atoms with E-state index in [0.717, 1.165) is 5.56 Å². The van der Waals surface area contributed by atoms with Crippen LogP contribution in [0.25, 0.3) is 0 Å². The highest BCUT2D eigenvalue weighted by atomic mass is 32.2. The van der Waals surface area contributed by atoms with Crippen molar-refractivity contribution in [2.75, 3.05) is 5.32 Å². The number of para-hydroxylation sites is 1. The van der Waals surface area contributed by atoms with Crippen LogP contribution in [-0.2, 0) is 0 Å². The maximum absolute atomic E-state index is 3.39. The number of fused-ring (bicyclic) bond motifs is 1. The number of anilines is 1. The van der Waals surface area contributed by atoms with Crippen LogP contribution < -0.4 is 5.32 Å². The molecule has 0 saturated heterocycles. The van der Waals surface area contributed by atoms with Gasteiger partial charge in [-0.1, -0.05) is 53.9 Å². The van der Waals surface area contributed by atoms with Crippen LogP contribution in [-0.4, -0.2) is 5.37 Å². The fourth-order valence-electron chi connectivity index (χ4n) is 1.72. The summed E-state index contributed by atoms with van der Waals surface area (Å²) in [5, 5.41) is 3.55. The molecule has 1 atom stereocenters. The minimum Gasteiger partial charge on any atom is -0.362 e. The Bertz CT molecular complexity index is 556. The minimum atomic E-state index is 0.160. The van der Waals surface area contributed by atoms with Crippen molar-refractivity contribution in [1.82, 2.24) is 0 Å². The van der Waals surface area contributed by atoms with Gasteiger partial charge in [-0.25, -0.2) is 0 Å². The van der Waals surface area contributed by atoms with E-state index in [2.05, 4.69) is 35.4 Å². The van der Waals surface area contributed by atoms with E-state index in [9.17, 15) is 0 Å². The number of nitrogens with one attached hydrogen (secondary N) is 1. The van der Waals surface area contributed by atoms with Gasteiger partial charge >= 0.3 is 0 Å². The molecule has 0 radical (unpaired) electrons. The quantitative estimate of drug-likeness (QED) is 0.703. The molecule has 0 saturated carbocycles. The first kappa shape index (κ1) is 10.3. The van der Waals surface area contributed by atoms with E-state index in [1.807, 2.05) is 36.4 Å². The standard InChI is InChI=1S/C15H11NS/c1-2-6-12(7-3-1)10-11-15-16-13-8-4-5-9-14(13)17-15/h1-9,15-16H/t15-/m0/s1. The lowest BCUT2D eigenvalue weighted by Crippen LogP contribution is -2.06. The summed E-state index contributed by atoms with van der Waals surface area (Å²) in [6, 6.07) is 18.4. The summed E-state index contributed by atoms with van der Waals surface area (Å²) in [5.74, 6) is 6.43. The van der Waals surface area contributed by atoms with Gasteiger partial charge in [0.15, 0.2) is 0 Å². The van der Waals surface area contributed by atoms with E-state index in [1.165, 1.54) is 10.6 Å². The largest absolute Gasteiger partial charge is 0.362 e. The van der Waals surface area contributed by atoms with E-state index < -0.39 is 0 Å². The van der Waals surface area contributed by atoms with Crippen LogP contribution in [0.5, 0.6) is 0 Å². The van der Waals surface area contributed by atoms with E-state index in [4.69, 9.17) is 0 Å². The molecule has 2 aromatic rings. The van der Waals surface area contributed by atoms with Crippen LogP contribution >= 0.6 is 11.8 Å². The molecular formula is C15H11NS. The first-order valence-corrected chi connectivity index (χ1v) is 6.38. The number of benzene rings is 2. The van der Waals surface area contributed by atoms with Gasteiger partial charge < -0.3 is 5.32 Å². The average molecular weight is 237 g/mol. The Balaban J connectivity index is 1.77. The third kappa shape index (κ3) is 2.30. The smallest absolute Gasteiger partial charge is 0.140 e. The second kappa shape index (κ2) is 4.57. The number of rotatable bonds is 0. The summed E-state index contributed by atoms with van der Waals surface area (Å²) < 4.78 is 0. The van der Waals surface area contributed by atoms with E-state index in [0.29, 0.717) is 0 Å². The van der Waals surface area contributed by atoms with Crippen molar-refractivity contribution in [3.8, 4) is 11.8 Å². The van der Waals surface area contributed by atoms with Crippen molar-refractivity contribution in [3.63, 3.8) is 0 Å². The molecule has 0 unspecified atom stereocenters. The van der Waals surface area contributed by atoms with Crippen molar-refractivity contribution in [2.45, 2.75) is 10.3 Å². The maximum Gasteiger partial charge on any atom is 0.140 e. The van der Waals surface area contributed by atoms with Gasteiger partial charge in [0, 0.05) is 16.1 Å². The van der Waals surface area contributed by atoms with Crippen molar-refractivity contribution < 1.29 is 0 Å². The lowest BCUT2D eigenvalue weighted by Gasteiger charge is -2.00. The van der Waals surface area contributed by atoms with Crippen molar-refractivity contribution in [2.24, 2.45) is 0 Å². The monoisotopic (exact) mass is 237 g/mol. The molecule has 3 rings (SSSR count). The zero-order valence-electron chi connectivity index (χ0n) is 9.18. The fourth-order valence-corrected chi connectivity index (χ4v) is 2.69. The third-order valence-corrected chi connectivity index (χ3v) is 3.62. The highest BCUT2D eigenvalue weighted by Gasteiger charge is 2.18. The van der Waals surface area contributed by atoms with Crippen molar-refractivity contribution in [3.05, 3.63) is 60.2 Å². The highest BCUT2D eigenvalue weighted by Crippen LogP contribution is 2.37. The van der Waals surface area contributed by atoms with Gasteiger partial charge in [-0.05, 0) is 24.3 Å². The average Bonchev–Trinajstić information content (AvgIpc) is 2.80. The predicted molar refractivity (Wildman–Crippen MR) is 73.0 cm³/mol. The Kier molecular flexibility index (Phi) is 2.77. The van der Waals surface area contributed by atoms with Gasteiger partial charge in [-0.15, -0.1) is 0 Å². The van der Waals surface area contributed by atoms with E-state index in [1.54, 1.807) is 11.8 Å². The fraction of sp³-hybridized carbons (Fsp3) is 0.0667. The van der Waals surface area contributed by atoms with Gasteiger partial charge in [-0.3, -0.25) is 0 Å². The zero-order valence-corrected chi connectivity index (χ0v) is 10.00. The lowest BCUT2D eigenvalue weighted by molar-refractivity contribution is 1.31. The Hall–Kier alpha value is -1.85. The summed E-state index contributed by atoms with van der Waals surface area (Å²) >= 11 is 1.77. The van der Waals surface area contributed by atoms with E-state index >= 15 is 0 Å². The van der Waals surface area contributed by atoms with Gasteiger partial charge in [0.05, 0.1) is 0 Å². The molecule has 17 heavy (non-hydrogen) atoms. The van der Waals surface area contributed by atoms with Gasteiger partial charge in [0.25, 0.3) is 0 Å². The van der Waals surface area contributed by atoms with Crippen molar-refractivity contribution >= 4 is 17.4 Å². The van der Waals surface area contributed by atoms with Gasteiger partial charge in [-0.2, -0.15) is 0 Å². The zero-order chi connectivity index (χ0) is 11.5. The van der Waals surface area contributed by atoms with Crippen LogP contribution in [0.4, 0.5) is 5.69 Å². The topological polar surface area (TPSA) is 12.0 Å². The molecule has 0 fully saturated rings. The summed E-state index contributed by atoms with van der Waals surface area (Å²) in [7, 11) is 0. The van der Waals surface area contributed by atoms with Gasteiger partial charge in [0.1, 0.15) is 5.37 Å². The summed E-state index contributed by atoms with van der Waals surface area (Å²) in [6.45, 7) is 0. The molecule has 1 aliphatic heterocycles. The number of hydrogen-bond donors (Lipinski definition) is 1. The highest BCUT2D eigenvalue weighted by molar-refractivity contribution is 8.00. The molecule has 1 heterocycles. The molecule has 0 bridgehead atoms. The van der Waals surface area contributed by atoms with Crippen LogP contribution in [0.3, 0.4) is 0 Å². The van der Waals surface area contributed by atoms with Gasteiger partial charge in [0.2, 0.25) is 0 Å². The summed E-state index contributed by atoms with van der Waals surface area (Å²) in [6.07, 6.45) is 0. The Morgan fingerprint density at radius 2 is 1.71 bits per heavy atom. The molecule has 0 amide bonds. The molecule has 2 aromatic carbocycles. The summed E-state index contributed by atoms with van der Waals surface area (Å²) in [5.41, 5.74) is 2.25. The Morgan fingerprint density at radius 3 is 2.53 bits per heavy atom. The first-order valence-electron chi connectivity index (χ1n) is 5.51. The SMILES string of the molecule is C(#C[C@H]1Nc2ccccc2S1)c1ccccc1. The molecule has 1 N–H and O–H groups in total. The molecule has 82 valence electrons. The van der Waals surface area contributed by atoms with Crippen LogP contribution in [0.2, 0.25) is 0 Å². The van der Waals surface area contributed by atoms with E-state index in [-0.39, 0.29) is 5.37 Å². The second-order valence-corrected chi connectivity index (χ2v) is 4.92. The van der Waals surface area contributed by atoms with Crippen LogP contribution in [0, 0.1) is 11.8 Å². The van der Waals surface area contributed by atoms with Crippen LogP contribution in [0.1, 0.15) is 5.56 Å².